The molecule has 0 atom stereocenters. The Morgan fingerprint density at radius 3 is 2.52 bits per heavy atom. The predicted molar refractivity (Wildman–Crippen MR) is 117 cm³/mol. The van der Waals surface area contributed by atoms with Crippen LogP contribution in [0.3, 0.4) is 0 Å². The van der Waals surface area contributed by atoms with E-state index in [0.29, 0.717) is 13.0 Å². The molecule has 0 saturated heterocycles. The molecule has 0 radical (unpaired) electrons. The third-order valence-corrected chi connectivity index (χ3v) is 5.36. The van der Waals surface area contributed by atoms with Crippen LogP contribution in [0.1, 0.15) is 22.8 Å². The molecular formula is C24H23N5. The lowest BCUT2D eigenvalue weighted by molar-refractivity contribution is 0.674. The Morgan fingerprint density at radius 2 is 1.66 bits per heavy atom. The van der Waals surface area contributed by atoms with Crippen LogP contribution in [0.4, 0.5) is 0 Å². The number of H-pyrrole nitrogens is 1. The minimum absolute atomic E-state index is 0.527. The van der Waals surface area contributed by atoms with Crippen LogP contribution in [0.2, 0.25) is 0 Å². The summed E-state index contributed by atoms with van der Waals surface area (Å²) in [5, 5.41) is 0. The Labute approximate surface area is 169 Å². The molecule has 3 N–H and O–H groups in total. The van der Waals surface area contributed by atoms with Gasteiger partial charge < -0.3 is 15.3 Å². The fourth-order valence-corrected chi connectivity index (χ4v) is 3.87. The molecule has 5 heteroatoms. The number of imidazole rings is 2. The lowest BCUT2D eigenvalue weighted by atomic mass is 10.1. The van der Waals surface area contributed by atoms with Gasteiger partial charge in [-0.3, -0.25) is 0 Å². The van der Waals surface area contributed by atoms with Crippen LogP contribution < -0.4 is 5.73 Å². The van der Waals surface area contributed by atoms with Crippen LogP contribution in [0.15, 0.2) is 72.8 Å². The zero-order valence-corrected chi connectivity index (χ0v) is 16.2. The smallest absolute Gasteiger partial charge is 0.117 e. The van der Waals surface area contributed by atoms with Crippen molar-refractivity contribution in [2.45, 2.75) is 25.9 Å². The van der Waals surface area contributed by atoms with Crippen LogP contribution >= 0.6 is 0 Å². The summed E-state index contributed by atoms with van der Waals surface area (Å²) in [6.45, 7) is 1.41. The van der Waals surface area contributed by atoms with Crippen LogP contribution in [-0.2, 0) is 25.9 Å². The molecule has 5 rings (SSSR count). The summed E-state index contributed by atoms with van der Waals surface area (Å²) in [6.07, 6.45) is 1.63. The highest BCUT2D eigenvalue weighted by Crippen LogP contribution is 2.20. The largest absolute Gasteiger partial charge is 0.342 e. The minimum atomic E-state index is 0.527. The van der Waals surface area contributed by atoms with E-state index in [2.05, 4.69) is 64.1 Å². The fourth-order valence-electron chi connectivity index (χ4n) is 3.87. The van der Waals surface area contributed by atoms with E-state index in [0.717, 1.165) is 46.7 Å². The average Bonchev–Trinajstić information content (AvgIpc) is 3.32. The van der Waals surface area contributed by atoms with Crippen molar-refractivity contribution >= 4 is 22.1 Å². The van der Waals surface area contributed by atoms with Crippen molar-refractivity contribution in [3.8, 4) is 0 Å². The second-order valence-corrected chi connectivity index (χ2v) is 7.32. The summed E-state index contributed by atoms with van der Waals surface area (Å²) < 4.78 is 2.32. The number of hydrogen-bond donors (Lipinski definition) is 2. The number of nitrogens with two attached hydrogens (primary N) is 1. The van der Waals surface area contributed by atoms with Crippen molar-refractivity contribution in [1.82, 2.24) is 19.5 Å². The Balaban J connectivity index is 1.49. The van der Waals surface area contributed by atoms with E-state index in [1.54, 1.807) is 0 Å². The molecule has 0 aliphatic carbocycles. The molecule has 2 aromatic heterocycles. The first kappa shape index (κ1) is 17.6. The van der Waals surface area contributed by atoms with Crippen LogP contribution in [-0.4, -0.2) is 19.5 Å². The molecule has 0 aliphatic heterocycles. The standard InChI is InChI=1S/C24H23N5/c25-16-18-10-11-19-21(14-18)27-23(26-19)15-24-28-20-8-4-5-9-22(20)29(24)13-12-17-6-2-1-3-7-17/h1-11,14H,12-13,15-16,25H2,(H,26,27). The van der Waals surface area contributed by atoms with E-state index in [-0.39, 0.29) is 0 Å². The number of nitrogens with one attached hydrogen (secondary N) is 1. The number of rotatable bonds is 6. The molecule has 0 amide bonds. The summed E-state index contributed by atoms with van der Waals surface area (Å²) in [7, 11) is 0. The zero-order chi connectivity index (χ0) is 19.6. The van der Waals surface area contributed by atoms with Crippen LogP contribution in [0.25, 0.3) is 22.1 Å². The van der Waals surface area contributed by atoms with Crippen LogP contribution in [0, 0.1) is 0 Å². The number of hydrogen-bond acceptors (Lipinski definition) is 3. The van der Waals surface area contributed by atoms with Gasteiger partial charge >= 0.3 is 0 Å². The Hall–Kier alpha value is -3.44. The monoisotopic (exact) mass is 381 g/mol. The van der Waals surface area contributed by atoms with Gasteiger partial charge in [0.15, 0.2) is 0 Å². The molecule has 2 heterocycles. The summed E-state index contributed by atoms with van der Waals surface area (Å²) >= 11 is 0. The molecular weight excluding hydrogens is 358 g/mol. The van der Waals surface area contributed by atoms with Crippen molar-refractivity contribution < 1.29 is 0 Å². The number of aryl methyl sites for hydroxylation is 2. The highest BCUT2D eigenvalue weighted by molar-refractivity contribution is 5.77. The zero-order valence-electron chi connectivity index (χ0n) is 16.2. The Morgan fingerprint density at radius 1 is 0.828 bits per heavy atom. The van der Waals surface area contributed by atoms with Crippen LogP contribution in [0.5, 0.6) is 0 Å². The molecule has 0 aliphatic rings. The molecule has 0 spiro atoms. The third kappa shape index (κ3) is 3.52. The number of fused-ring (bicyclic) bond motifs is 2. The van der Waals surface area contributed by atoms with E-state index in [4.69, 9.17) is 15.7 Å². The van der Waals surface area contributed by atoms with Gasteiger partial charge in [-0.25, -0.2) is 9.97 Å². The molecule has 0 fully saturated rings. The number of benzene rings is 3. The molecule has 5 aromatic rings. The molecule has 0 bridgehead atoms. The van der Waals surface area contributed by atoms with Gasteiger partial charge in [-0.15, -0.1) is 0 Å². The number of nitrogens with zero attached hydrogens (tertiary/aromatic N) is 3. The molecule has 144 valence electrons. The quantitative estimate of drug-likeness (QED) is 0.463. The number of para-hydroxylation sites is 2. The second-order valence-electron chi connectivity index (χ2n) is 7.32. The molecule has 5 nitrogen and oxygen atoms in total. The lowest BCUT2D eigenvalue weighted by Crippen LogP contribution is -2.07. The van der Waals surface area contributed by atoms with Crippen molar-refractivity contribution in [3.05, 3.63) is 95.6 Å². The van der Waals surface area contributed by atoms with E-state index in [9.17, 15) is 0 Å². The molecule has 29 heavy (non-hydrogen) atoms. The SMILES string of the molecule is NCc1ccc2nc(Cc3nc4ccccc4n3CCc3ccccc3)[nH]c2c1. The maximum Gasteiger partial charge on any atom is 0.117 e. The predicted octanol–water partition coefficient (Wildman–Crippen LogP) is 4.20. The second kappa shape index (κ2) is 7.53. The Bertz CT molecular complexity index is 1270. The summed E-state index contributed by atoms with van der Waals surface area (Å²) in [5.41, 5.74) is 12.4. The Kier molecular flexibility index (Phi) is 4.58. The highest BCUT2D eigenvalue weighted by Gasteiger charge is 2.13. The summed E-state index contributed by atoms with van der Waals surface area (Å²) in [6, 6.07) is 25.0. The van der Waals surface area contributed by atoms with Crippen molar-refractivity contribution in [2.24, 2.45) is 5.73 Å². The van der Waals surface area contributed by atoms with Gasteiger partial charge in [0, 0.05) is 13.1 Å². The van der Waals surface area contributed by atoms with Gasteiger partial charge in [0.1, 0.15) is 11.6 Å². The number of aromatic amines is 1. The van der Waals surface area contributed by atoms with Crippen molar-refractivity contribution in [3.63, 3.8) is 0 Å². The lowest BCUT2D eigenvalue weighted by Gasteiger charge is -2.09. The van der Waals surface area contributed by atoms with Crippen molar-refractivity contribution in [1.29, 1.82) is 0 Å². The first-order valence-corrected chi connectivity index (χ1v) is 9.96. The van der Waals surface area contributed by atoms with E-state index >= 15 is 0 Å². The third-order valence-electron chi connectivity index (χ3n) is 5.36. The maximum atomic E-state index is 5.77. The topological polar surface area (TPSA) is 72.5 Å². The maximum absolute atomic E-state index is 5.77. The highest BCUT2D eigenvalue weighted by atomic mass is 15.1. The van der Waals surface area contributed by atoms with Gasteiger partial charge in [-0.05, 0) is 41.8 Å². The average molecular weight is 381 g/mol. The summed E-state index contributed by atoms with van der Waals surface area (Å²) in [5.74, 6) is 1.95. The number of aromatic nitrogens is 4. The first-order valence-electron chi connectivity index (χ1n) is 9.96. The van der Waals surface area contributed by atoms with Gasteiger partial charge in [0.2, 0.25) is 0 Å². The van der Waals surface area contributed by atoms with Gasteiger partial charge in [-0.2, -0.15) is 0 Å². The molecule has 0 saturated carbocycles. The first-order chi connectivity index (χ1) is 14.3. The van der Waals surface area contributed by atoms with Gasteiger partial charge in [0.25, 0.3) is 0 Å². The van der Waals surface area contributed by atoms with Gasteiger partial charge in [0.05, 0.1) is 28.5 Å². The molecule has 3 aromatic carbocycles. The van der Waals surface area contributed by atoms with Crippen molar-refractivity contribution in [2.75, 3.05) is 0 Å². The van der Waals surface area contributed by atoms with Gasteiger partial charge in [-0.1, -0.05) is 48.5 Å². The fraction of sp³-hybridized carbons (Fsp3) is 0.167. The normalized spacial score (nSPS) is 11.5. The summed E-state index contributed by atoms with van der Waals surface area (Å²) in [4.78, 5) is 13.1. The molecule has 0 unspecified atom stereocenters. The minimum Gasteiger partial charge on any atom is -0.342 e. The van der Waals surface area contributed by atoms with E-state index < -0.39 is 0 Å². The van der Waals surface area contributed by atoms with E-state index in [1.807, 2.05) is 18.2 Å². The van der Waals surface area contributed by atoms with E-state index in [1.165, 1.54) is 11.1 Å².